The van der Waals surface area contributed by atoms with Crippen molar-refractivity contribution in [2.75, 3.05) is 25.2 Å². The first-order chi connectivity index (χ1) is 15.2. The van der Waals surface area contributed by atoms with E-state index in [1.165, 1.54) is 5.56 Å². The molecule has 0 radical (unpaired) electrons. The quantitative estimate of drug-likeness (QED) is 0.676. The van der Waals surface area contributed by atoms with E-state index in [9.17, 15) is 4.79 Å². The number of hydrogen-bond donors (Lipinski definition) is 2. The molecule has 1 aliphatic rings. The summed E-state index contributed by atoms with van der Waals surface area (Å²) in [6, 6.07) is 18.0. The number of carboxylic acid groups (broad SMARTS) is 2. The van der Waals surface area contributed by atoms with E-state index in [0.29, 0.717) is 6.61 Å². The van der Waals surface area contributed by atoms with Crippen molar-refractivity contribution in [3.63, 3.8) is 0 Å². The van der Waals surface area contributed by atoms with E-state index in [2.05, 4.69) is 36.1 Å². The molecular formula is C23H28N2O7. The summed E-state index contributed by atoms with van der Waals surface area (Å²) in [4.78, 5) is 34.7. The summed E-state index contributed by atoms with van der Waals surface area (Å²) in [5.41, 5.74) is 2.05. The number of benzene rings is 2. The van der Waals surface area contributed by atoms with Gasteiger partial charge in [-0.3, -0.25) is 14.6 Å². The molecule has 172 valence electrons. The van der Waals surface area contributed by atoms with Crippen LogP contribution in [0.15, 0.2) is 54.6 Å². The third-order valence-electron chi connectivity index (χ3n) is 4.99. The van der Waals surface area contributed by atoms with Crippen LogP contribution < -0.4 is 9.64 Å². The number of rotatable bonds is 5. The summed E-state index contributed by atoms with van der Waals surface area (Å²) in [5.74, 6) is -2.97. The van der Waals surface area contributed by atoms with Crippen molar-refractivity contribution in [1.82, 2.24) is 4.90 Å². The van der Waals surface area contributed by atoms with Gasteiger partial charge in [-0.25, -0.2) is 9.59 Å². The van der Waals surface area contributed by atoms with Crippen molar-refractivity contribution in [2.24, 2.45) is 0 Å². The molecular weight excluding hydrogens is 416 g/mol. The lowest BCUT2D eigenvalue weighted by Crippen LogP contribution is -2.57. The van der Waals surface area contributed by atoms with E-state index in [4.69, 9.17) is 29.3 Å². The molecule has 0 bridgehead atoms. The van der Waals surface area contributed by atoms with Crippen LogP contribution in [0.2, 0.25) is 0 Å². The summed E-state index contributed by atoms with van der Waals surface area (Å²) in [5, 5.41) is 14.8. The summed E-state index contributed by atoms with van der Waals surface area (Å²) in [7, 11) is 1.62. The fourth-order valence-electron chi connectivity index (χ4n) is 3.41. The largest absolute Gasteiger partial charge is 0.497 e. The van der Waals surface area contributed by atoms with Gasteiger partial charge >= 0.3 is 11.9 Å². The second-order valence-electron chi connectivity index (χ2n) is 7.16. The molecule has 1 saturated heterocycles. The lowest BCUT2D eigenvalue weighted by molar-refractivity contribution is -0.159. The fraction of sp³-hybridized carbons (Fsp3) is 0.348. The minimum absolute atomic E-state index is 0.0448. The standard InChI is InChI=1S/C21H26N2O3.C2H2O4/c1-16-21(23(17(2)24)19-10-7-11-20(14-19)25-3)26-13-12-22(16)15-18-8-5-4-6-9-18;3-1(4)2(5)6/h4-11,14,16,21H,12-13,15H2,1-3H3;(H,3,4)(H,5,6). The second-order valence-corrected chi connectivity index (χ2v) is 7.16. The van der Waals surface area contributed by atoms with Crippen LogP contribution in [0.5, 0.6) is 5.75 Å². The highest BCUT2D eigenvalue weighted by molar-refractivity contribution is 6.27. The molecule has 1 fully saturated rings. The Balaban J connectivity index is 0.000000534. The number of carbonyl (C=O) groups excluding carboxylic acids is 1. The number of carbonyl (C=O) groups is 3. The Bertz CT molecular complexity index is 908. The summed E-state index contributed by atoms with van der Waals surface area (Å²) < 4.78 is 11.3. The van der Waals surface area contributed by atoms with Gasteiger partial charge in [-0.05, 0) is 24.6 Å². The normalized spacial score (nSPS) is 18.1. The van der Waals surface area contributed by atoms with Crippen molar-refractivity contribution in [3.8, 4) is 5.75 Å². The van der Waals surface area contributed by atoms with E-state index >= 15 is 0 Å². The van der Waals surface area contributed by atoms with Crippen LogP contribution in [-0.2, 0) is 25.7 Å². The monoisotopic (exact) mass is 444 g/mol. The zero-order valence-electron chi connectivity index (χ0n) is 18.3. The highest BCUT2D eigenvalue weighted by Crippen LogP contribution is 2.28. The summed E-state index contributed by atoms with van der Waals surface area (Å²) in [6.45, 7) is 5.96. The first kappa shape index (κ1) is 24.8. The maximum absolute atomic E-state index is 12.4. The molecule has 0 aromatic heterocycles. The number of morpholine rings is 1. The van der Waals surface area contributed by atoms with Crippen molar-refractivity contribution in [3.05, 3.63) is 60.2 Å². The average molecular weight is 444 g/mol. The number of carboxylic acids is 2. The second kappa shape index (κ2) is 11.8. The van der Waals surface area contributed by atoms with Gasteiger partial charge in [-0.15, -0.1) is 0 Å². The van der Waals surface area contributed by atoms with Crippen LogP contribution in [0.25, 0.3) is 0 Å². The highest BCUT2D eigenvalue weighted by Gasteiger charge is 2.35. The van der Waals surface area contributed by atoms with E-state index in [-0.39, 0.29) is 18.2 Å². The predicted octanol–water partition coefficient (Wildman–Crippen LogP) is 2.45. The molecule has 2 unspecified atom stereocenters. The Hall–Kier alpha value is -3.43. The van der Waals surface area contributed by atoms with Crippen molar-refractivity contribution in [1.29, 1.82) is 0 Å². The molecule has 9 heteroatoms. The zero-order chi connectivity index (χ0) is 23.7. The van der Waals surface area contributed by atoms with Gasteiger partial charge in [0, 0.05) is 26.1 Å². The van der Waals surface area contributed by atoms with Gasteiger partial charge < -0.3 is 19.7 Å². The van der Waals surface area contributed by atoms with Crippen molar-refractivity contribution >= 4 is 23.5 Å². The molecule has 1 heterocycles. The number of methoxy groups -OCH3 is 1. The Kier molecular flexibility index (Phi) is 9.18. The zero-order valence-corrected chi connectivity index (χ0v) is 18.3. The molecule has 2 atom stereocenters. The van der Waals surface area contributed by atoms with Crippen molar-refractivity contribution in [2.45, 2.75) is 32.7 Å². The van der Waals surface area contributed by atoms with Crippen molar-refractivity contribution < 1.29 is 34.1 Å². The Morgan fingerprint density at radius 1 is 1.09 bits per heavy atom. The van der Waals surface area contributed by atoms with Gasteiger partial charge in [-0.1, -0.05) is 36.4 Å². The summed E-state index contributed by atoms with van der Waals surface area (Å²) >= 11 is 0. The van der Waals surface area contributed by atoms with Gasteiger partial charge in [0.05, 0.1) is 25.4 Å². The van der Waals surface area contributed by atoms with Crippen LogP contribution in [0, 0.1) is 0 Å². The molecule has 0 saturated carbocycles. The first-order valence-electron chi connectivity index (χ1n) is 10.0. The molecule has 2 aromatic carbocycles. The predicted molar refractivity (Wildman–Crippen MR) is 117 cm³/mol. The van der Waals surface area contributed by atoms with E-state index < -0.39 is 11.9 Å². The van der Waals surface area contributed by atoms with E-state index in [1.807, 2.05) is 30.3 Å². The number of hydrogen-bond acceptors (Lipinski definition) is 6. The van der Waals surface area contributed by atoms with Gasteiger partial charge in [0.15, 0.2) is 6.23 Å². The molecule has 3 rings (SSSR count). The smallest absolute Gasteiger partial charge is 0.414 e. The SMILES string of the molecule is COc1cccc(N(C(C)=O)C2OCCN(Cc3ccccc3)C2C)c1.O=C(O)C(=O)O. The Morgan fingerprint density at radius 3 is 2.31 bits per heavy atom. The Labute approximate surface area is 186 Å². The molecule has 1 amide bonds. The molecule has 2 N–H and O–H groups in total. The number of ether oxygens (including phenoxy) is 2. The van der Waals surface area contributed by atoms with E-state index in [0.717, 1.165) is 24.5 Å². The fourth-order valence-corrected chi connectivity index (χ4v) is 3.41. The maximum Gasteiger partial charge on any atom is 0.414 e. The average Bonchev–Trinajstić information content (AvgIpc) is 2.77. The van der Waals surface area contributed by atoms with Crippen LogP contribution in [0.1, 0.15) is 19.4 Å². The van der Waals surface area contributed by atoms with Crippen LogP contribution >= 0.6 is 0 Å². The van der Waals surface area contributed by atoms with Gasteiger partial charge in [-0.2, -0.15) is 0 Å². The molecule has 0 aliphatic carbocycles. The third kappa shape index (κ3) is 6.79. The first-order valence-corrected chi connectivity index (χ1v) is 10.0. The van der Waals surface area contributed by atoms with Crippen LogP contribution in [0.3, 0.4) is 0 Å². The number of anilines is 1. The molecule has 9 nitrogen and oxygen atoms in total. The lowest BCUT2D eigenvalue weighted by atomic mass is 10.1. The maximum atomic E-state index is 12.4. The van der Waals surface area contributed by atoms with Gasteiger partial charge in [0.25, 0.3) is 0 Å². The summed E-state index contributed by atoms with van der Waals surface area (Å²) in [6.07, 6.45) is -0.336. The highest BCUT2D eigenvalue weighted by atomic mass is 16.5. The van der Waals surface area contributed by atoms with E-state index in [1.54, 1.807) is 18.9 Å². The Morgan fingerprint density at radius 2 is 1.75 bits per heavy atom. The minimum Gasteiger partial charge on any atom is -0.497 e. The number of amides is 1. The number of aliphatic carboxylic acids is 2. The minimum atomic E-state index is -1.82. The van der Waals surface area contributed by atoms with Crippen LogP contribution in [-0.4, -0.2) is 65.5 Å². The molecule has 2 aromatic rings. The van der Waals surface area contributed by atoms with Gasteiger partial charge in [0.2, 0.25) is 5.91 Å². The molecule has 0 spiro atoms. The number of nitrogens with zero attached hydrogens (tertiary/aromatic N) is 2. The van der Waals surface area contributed by atoms with Gasteiger partial charge in [0.1, 0.15) is 5.75 Å². The molecule has 1 aliphatic heterocycles. The van der Waals surface area contributed by atoms with Crippen LogP contribution in [0.4, 0.5) is 5.69 Å². The lowest BCUT2D eigenvalue weighted by Gasteiger charge is -2.44. The molecule has 32 heavy (non-hydrogen) atoms. The topological polar surface area (TPSA) is 117 Å². The third-order valence-corrected chi connectivity index (χ3v) is 4.99.